The number of esters is 1. The van der Waals surface area contributed by atoms with Crippen molar-refractivity contribution in [1.82, 2.24) is 5.32 Å². The molecule has 0 bridgehead atoms. The first kappa shape index (κ1) is 18.9. The number of hydrogen-bond acceptors (Lipinski definition) is 4. The van der Waals surface area contributed by atoms with Gasteiger partial charge in [-0.25, -0.2) is 0 Å². The van der Waals surface area contributed by atoms with Gasteiger partial charge in [0.05, 0.1) is 6.04 Å². The van der Waals surface area contributed by atoms with Gasteiger partial charge in [0.25, 0.3) is 0 Å². The van der Waals surface area contributed by atoms with Crippen molar-refractivity contribution in [2.24, 2.45) is 0 Å². The Bertz CT molecular complexity index is 670. The van der Waals surface area contributed by atoms with Gasteiger partial charge in [0.15, 0.2) is 0 Å². The molecule has 0 fully saturated rings. The lowest BCUT2D eigenvalue weighted by Gasteiger charge is -2.21. The maximum absolute atomic E-state index is 12.5. The maximum atomic E-state index is 12.5. The Hall–Kier alpha value is -2.46. The number of aryl methyl sites for hydroxylation is 1. The number of nitrogens with one attached hydrogen (secondary N) is 1. The van der Waals surface area contributed by atoms with Crippen molar-refractivity contribution in [3.05, 3.63) is 71.8 Å². The van der Waals surface area contributed by atoms with E-state index in [4.69, 9.17) is 4.74 Å². The second-order valence-electron chi connectivity index (χ2n) is 6.17. The number of benzene rings is 2. The highest BCUT2D eigenvalue weighted by Gasteiger charge is 2.23. The zero-order chi connectivity index (χ0) is 18.1. The van der Waals surface area contributed by atoms with Gasteiger partial charge in [-0.15, -0.1) is 0 Å². The minimum Gasteiger partial charge on any atom is -0.460 e. The highest BCUT2D eigenvalue weighted by atomic mass is 16.5. The van der Waals surface area contributed by atoms with Crippen LogP contribution >= 0.6 is 0 Å². The third-order valence-electron chi connectivity index (χ3n) is 4.13. The molecule has 25 heavy (non-hydrogen) atoms. The zero-order valence-corrected chi connectivity index (χ0v) is 14.8. The second-order valence-corrected chi connectivity index (χ2v) is 6.17. The third-order valence-corrected chi connectivity index (χ3v) is 4.13. The van der Waals surface area contributed by atoms with Gasteiger partial charge in [0.1, 0.15) is 18.4 Å². The van der Waals surface area contributed by atoms with Gasteiger partial charge in [-0.05, 0) is 37.8 Å². The molecular formula is C21H25NO3. The molecule has 0 unspecified atom stereocenters. The highest BCUT2D eigenvalue weighted by Crippen LogP contribution is 2.09. The number of Topliss-reactive ketones (excluding diaryl/α,β-unsaturated/α-hetero) is 1. The molecule has 0 aliphatic rings. The lowest BCUT2D eigenvalue weighted by Crippen LogP contribution is -2.46. The summed E-state index contributed by atoms with van der Waals surface area (Å²) in [6, 6.07) is 18.6. The molecule has 0 aliphatic carbocycles. The molecule has 0 saturated carbocycles. The Balaban J connectivity index is 1.96. The van der Waals surface area contributed by atoms with E-state index in [1.54, 1.807) is 6.92 Å². The Kier molecular flexibility index (Phi) is 7.36. The van der Waals surface area contributed by atoms with Crippen molar-refractivity contribution in [3.8, 4) is 0 Å². The predicted octanol–water partition coefficient (Wildman–Crippen LogP) is 3.30. The molecule has 0 saturated heterocycles. The van der Waals surface area contributed by atoms with Crippen molar-refractivity contribution in [2.75, 3.05) is 0 Å². The molecule has 4 heteroatoms. The summed E-state index contributed by atoms with van der Waals surface area (Å²) in [5.74, 6) is -0.326. The van der Waals surface area contributed by atoms with Crippen molar-refractivity contribution < 1.29 is 14.3 Å². The zero-order valence-electron chi connectivity index (χ0n) is 14.8. The minimum absolute atomic E-state index is 0.000528. The molecule has 0 radical (unpaired) electrons. The van der Waals surface area contributed by atoms with Crippen LogP contribution in [0.4, 0.5) is 0 Å². The van der Waals surface area contributed by atoms with Crippen molar-refractivity contribution in [3.63, 3.8) is 0 Å². The van der Waals surface area contributed by atoms with Crippen molar-refractivity contribution in [2.45, 2.75) is 45.4 Å². The van der Waals surface area contributed by atoms with Crippen LogP contribution < -0.4 is 5.32 Å². The maximum Gasteiger partial charge on any atom is 0.323 e. The molecule has 132 valence electrons. The van der Waals surface area contributed by atoms with E-state index >= 15 is 0 Å². The van der Waals surface area contributed by atoms with Gasteiger partial charge in [-0.3, -0.25) is 14.9 Å². The Morgan fingerprint density at radius 2 is 1.52 bits per heavy atom. The van der Waals surface area contributed by atoms with Crippen LogP contribution in [0.25, 0.3) is 0 Å². The quantitative estimate of drug-likeness (QED) is 0.712. The fourth-order valence-electron chi connectivity index (χ4n) is 2.47. The van der Waals surface area contributed by atoms with Gasteiger partial charge in [0.2, 0.25) is 0 Å². The van der Waals surface area contributed by atoms with E-state index in [9.17, 15) is 9.59 Å². The summed E-state index contributed by atoms with van der Waals surface area (Å²) in [6.07, 6.45) is 1.32. The van der Waals surface area contributed by atoms with E-state index in [-0.39, 0.29) is 24.4 Å². The van der Waals surface area contributed by atoms with E-state index in [1.807, 2.05) is 60.7 Å². The van der Waals surface area contributed by atoms with Crippen LogP contribution in [0, 0.1) is 0 Å². The van der Waals surface area contributed by atoms with Crippen LogP contribution in [0.3, 0.4) is 0 Å². The normalized spacial score (nSPS) is 13.0. The third kappa shape index (κ3) is 6.51. The highest BCUT2D eigenvalue weighted by molar-refractivity contribution is 5.82. The van der Waals surface area contributed by atoms with Crippen LogP contribution in [0.1, 0.15) is 31.4 Å². The number of carbonyl (C=O) groups is 2. The number of ketones is 1. The molecule has 0 aliphatic heterocycles. The van der Waals surface area contributed by atoms with Gasteiger partial charge in [-0.2, -0.15) is 0 Å². The van der Waals surface area contributed by atoms with Crippen LogP contribution in [0.2, 0.25) is 0 Å². The SMILES string of the molecule is CC(=O)[C@H](C)N[C@@H](CCc1ccccc1)C(=O)OCc1ccccc1. The average Bonchev–Trinajstić information content (AvgIpc) is 2.64. The van der Waals surface area contributed by atoms with E-state index < -0.39 is 6.04 Å². The molecule has 0 heterocycles. The summed E-state index contributed by atoms with van der Waals surface area (Å²) < 4.78 is 5.45. The summed E-state index contributed by atoms with van der Waals surface area (Å²) in [5.41, 5.74) is 2.10. The first-order chi connectivity index (χ1) is 12.1. The molecule has 0 aromatic heterocycles. The van der Waals surface area contributed by atoms with E-state index in [1.165, 1.54) is 6.92 Å². The minimum atomic E-state index is -0.511. The monoisotopic (exact) mass is 339 g/mol. The van der Waals surface area contributed by atoms with Gasteiger partial charge < -0.3 is 4.74 Å². The Morgan fingerprint density at radius 1 is 0.960 bits per heavy atom. The summed E-state index contributed by atoms with van der Waals surface area (Å²) in [5, 5.41) is 3.10. The Morgan fingerprint density at radius 3 is 2.08 bits per heavy atom. The molecule has 2 rings (SSSR count). The Labute approximate surface area is 149 Å². The molecule has 4 nitrogen and oxygen atoms in total. The van der Waals surface area contributed by atoms with Gasteiger partial charge >= 0.3 is 5.97 Å². The van der Waals surface area contributed by atoms with E-state index in [0.29, 0.717) is 6.42 Å². The molecule has 0 amide bonds. The van der Waals surface area contributed by atoms with Crippen LogP contribution in [0.15, 0.2) is 60.7 Å². The second kappa shape index (κ2) is 9.74. The largest absolute Gasteiger partial charge is 0.460 e. The van der Waals surface area contributed by atoms with E-state index in [0.717, 1.165) is 17.5 Å². The fourth-order valence-corrected chi connectivity index (χ4v) is 2.47. The predicted molar refractivity (Wildman–Crippen MR) is 98.1 cm³/mol. The fraction of sp³-hybridized carbons (Fsp3) is 0.333. The number of rotatable bonds is 9. The van der Waals surface area contributed by atoms with Gasteiger partial charge in [0, 0.05) is 0 Å². The number of carbonyl (C=O) groups excluding carboxylic acids is 2. The number of ether oxygens (including phenoxy) is 1. The van der Waals surface area contributed by atoms with Crippen molar-refractivity contribution in [1.29, 1.82) is 0 Å². The standard InChI is InChI=1S/C21H25NO3/c1-16(17(2)23)22-20(14-13-18-9-5-3-6-10-18)21(24)25-15-19-11-7-4-8-12-19/h3-12,16,20,22H,13-15H2,1-2H3/t16-,20-/m0/s1. The lowest BCUT2D eigenvalue weighted by atomic mass is 10.0. The molecule has 0 spiro atoms. The number of hydrogen-bond donors (Lipinski definition) is 1. The van der Waals surface area contributed by atoms with Gasteiger partial charge in [-0.1, -0.05) is 60.7 Å². The molecule has 2 aromatic rings. The first-order valence-corrected chi connectivity index (χ1v) is 8.57. The summed E-state index contributed by atoms with van der Waals surface area (Å²) in [4.78, 5) is 24.0. The van der Waals surface area contributed by atoms with E-state index in [2.05, 4.69) is 5.32 Å². The average molecular weight is 339 g/mol. The van der Waals surface area contributed by atoms with Crippen LogP contribution in [-0.4, -0.2) is 23.8 Å². The molecule has 2 aromatic carbocycles. The summed E-state index contributed by atoms with van der Waals surface area (Å²) in [6.45, 7) is 3.52. The summed E-state index contributed by atoms with van der Waals surface area (Å²) >= 11 is 0. The topological polar surface area (TPSA) is 55.4 Å². The molecular weight excluding hydrogens is 314 g/mol. The first-order valence-electron chi connectivity index (χ1n) is 8.57. The smallest absolute Gasteiger partial charge is 0.323 e. The molecule has 1 N–H and O–H groups in total. The van der Waals surface area contributed by atoms with Crippen molar-refractivity contribution >= 4 is 11.8 Å². The molecule has 2 atom stereocenters. The van der Waals surface area contributed by atoms with Crippen LogP contribution in [-0.2, 0) is 27.4 Å². The lowest BCUT2D eigenvalue weighted by molar-refractivity contribution is -0.148. The van der Waals surface area contributed by atoms with Crippen LogP contribution in [0.5, 0.6) is 0 Å². The summed E-state index contributed by atoms with van der Waals surface area (Å²) in [7, 11) is 0.